The Balaban J connectivity index is 1.82. The van der Waals surface area contributed by atoms with Crippen LogP contribution >= 0.6 is 11.8 Å². The molecule has 0 spiro atoms. The Labute approximate surface area is 126 Å². The van der Waals surface area contributed by atoms with Gasteiger partial charge in [-0.25, -0.2) is 9.59 Å². The molecule has 3 amide bonds. The van der Waals surface area contributed by atoms with Crippen molar-refractivity contribution in [3.05, 3.63) is 0 Å². The number of carbonyl (C=O) groups is 3. The van der Waals surface area contributed by atoms with E-state index in [1.165, 1.54) is 21.6 Å². The van der Waals surface area contributed by atoms with E-state index in [1.807, 2.05) is 0 Å². The highest BCUT2D eigenvalue weighted by atomic mass is 32.2. The zero-order valence-electron chi connectivity index (χ0n) is 11.6. The molecule has 3 rings (SSSR count). The number of nitrogens with two attached hydrogens (primary N) is 1. The maximum absolute atomic E-state index is 12.8. The lowest BCUT2D eigenvalue weighted by molar-refractivity contribution is -0.141. The van der Waals surface area contributed by atoms with Crippen molar-refractivity contribution in [2.45, 2.75) is 43.1 Å². The molecule has 2 heterocycles. The van der Waals surface area contributed by atoms with Gasteiger partial charge in [-0.1, -0.05) is 0 Å². The normalized spacial score (nSPS) is 32.5. The van der Waals surface area contributed by atoms with Gasteiger partial charge in [-0.15, -0.1) is 11.8 Å². The summed E-state index contributed by atoms with van der Waals surface area (Å²) in [6.07, 6.45) is 3.36. The van der Waals surface area contributed by atoms with E-state index in [9.17, 15) is 19.5 Å². The molecule has 3 atom stereocenters. The van der Waals surface area contributed by atoms with Crippen LogP contribution in [-0.2, 0) is 9.59 Å². The molecule has 2 saturated heterocycles. The first-order valence-corrected chi connectivity index (χ1v) is 8.28. The van der Waals surface area contributed by atoms with Crippen molar-refractivity contribution in [1.29, 1.82) is 0 Å². The highest BCUT2D eigenvalue weighted by Crippen LogP contribution is 2.46. The molecule has 0 aromatic heterocycles. The number of primary amides is 1. The van der Waals surface area contributed by atoms with Gasteiger partial charge in [-0.3, -0.25) is 9.69 Å². The highest BCUT2D eigenvalue weighted by molar-refractivity contribution is 8.00. The molecule has 3 aliphatic rings. The van der Waals surface area contributed by atoms with Crippen LogP contribution in [-0.4, -0.2) is 62.6 Å². The van der Waals surface area contributed by atoms with Crippen molar-refractivity contribution in [2.75, 3.05) is 12.3 Å². The summed E-state index contributed by atoms with van der Waals surface area (Å²) in [6.45, 7) is 0.470. The van der Waals surface area contributed by atoms with Crippen molar-refractivity contribution < 1.29 is 19.5 Å². The van der Waals surface area contributed by atoms with Crippen molar-refractivity contribution in [3.8, 4) is 0 Å². The summed E-state index contributed by atoms with van der Waals surface area (Å²) in [6, 6.07) is -1.75. The topological polar surface area (TPSA) is 104 Å². The van der Waals surface area contributed by atoms with Crippen molar-refractivity contribution in [3.63, 3.8) is 0 Å². The van der Waals surface area contributed by atoms with E-state index < -0.39 is 24.0 Å². The van der Waals surface area contributed by atoms with Crippen LogP contribution in [0.1, 0.15) is 25.7 Å². The molecule has 3 N–H and O–H groups in total. The number of hydrogen-bond acceptors (Lipinski definition) is 4. The van der Waals surface area contributed by atoms with Gasteiger partial charge in [0.05, 0.1) is 5.37 Å². The molecule has 3 unspecified atom stereocenters. The number of carboxylic acids is 1. The predicted molar refractivity (Wildman–Crippen MR) is 76.6 cm³/mol. The molecule has 0 bridgehead atoms. The maximum Gasteiger partial charge on any atom is 0.327 e. The van der Waals surface area contributed by atoms with Gasteiger partial charge in [-0.2, -0.15) is 0 Å². The van der Waals surface area contributed by atoms with Crippen LogP contribution in [0.3, 0.4) is 0 Å². The Morgan fingerprint density at radius 3 is 2.43 bits per heavy atom. The van der Waals surface area contributed by atoms with E-state index in [4.69, 9.17) is 5.73 Å². The van der Waals surface area contributed by atoms with Gasteiger partial charge in [0, 0.05) is 12.3 Å². The zero-order chi connectivity index (χ0) is 15.1. The van der Waals surface area contributed by atoms with Gasteiger partial charge in [0.25, 0.3) is 0 Å². The molecule has 0 aromatic rings. The first-order chi connectivity index (χ1) is 10.0. The molecule has 0 radical (unpaired) electrons. The first kappa shape index (κ1) is 14.5. The SMILES string of the molecule is NC(=O)C1CCCN1C(=O)N1C(C(=O)O)CSC1C1CC1. The van der Waals surface area contributed by atoms with Crippen LogP contribution in [0, 0.1) is 5.92 Å². The Kier molecular flexibility index (Phi) is 3.73. The zero-order valence-corrected chi connectivity index (χ0v) is 12.4. The minimum atomic E-state index is -0.978. The van der Waals surface area contributed by atoms with E-state index >= 15 is 0 Å². The van der Waals surface area contributed by atoms with E-state index in [2.05, 4.69) is 0 Å². The van der Waals surface area contributed by atoms with Gasteiger partial charge < -0.3 is 15.7 Å². The maximum atomic E-state index is 12.8. The van der Waals surface area contributed by atoms with Gasteiger partial charge >= 0.3 is 12.0 Å². The number of carboxylic acid groups (broad SMARTS) is 1. The Bertz CT molecular complexity index is 482. The van der Waals surface area contributed by atoms with Gasteiger partial charge in [0.2, 0.25) is 5.91 Å². The minimum absolute atomic E-state index is 0.0762. The van der Waals surface area contributed by atoms with Crippen LogP contribution in [0.2, 0.25) is 0 Å². The fourth-order valence-corrected chi connectivity index (χ4v) is 4.77. The summed E-state index contributed by atoms with van der Waals surface area (Å²) < 4.78 is 0. The van der Waals surface area contributed by atoms with E-state index in [0.29, 0.717) is 24.6 Å². The largest absolute Gasteiger partial charge is 0.480 e. The molecule has 1 saturated carbocycles. The third-order valence-electron chi connectivity index (χ3n) is 4.39. The Morgan fingerprint density at radius 1 is 1.14 bits per heavy atom. The molecule has 2 aliphatic heterocycles. The summed E-state index contributed by atoms with van der Waals surface area (Å²) in [5, 5.41) is 9.28. The second-order valence-corrected chi connectivity index (χ2v) is 7.01. The van der Waals surface area contributed by atoms with Crippen LogP contribution in [0.15, 0.2) is 0 Å². The van der Waals surface area contributed by atoms with Gasteiger partial charge in [0.1, 0.15) is 12.1 Å². The van der Waals surface area contributed by atoms with Crippen LogP contribution < -0.4 is 5.73 Å². The average Bonchev–Trinajstić information content (AvgIpc) is 3.01. The lowest BCUT2D eigenvalue weighted by Gasteiger charge is -2.33. The van der Waals surface area contributed by atoms with E-state index in [1.54, 1.807) is 0 Å². The van der Waals surface area contributed by atoms with E-state index in [0.717, 1.165) is 19.3 Å². The molecule has 0 aromatic carbocycles. The van der Waals surface area contributed by atoms with Crippen LogP contribution in [0.4, 0.5) is 4.79 Å². The number of rotatable bonds is 3. The number of aliphatic carboxylic acids is 1. The highest BCUT2D eigenvalue weighted by Gasteiger charge is 2.50. The molecular weight excluding hydrogens is 294 g/mol. The Morgan fingerprint density at radius 2 is 1.86 bits per heavy atom. The smallest absolute Gasteiger partial charge is 0.327 e. The third kappa shape index (κ3) is 2.56. The summed E-state index contributed by atoms with van der Waals surface area (Å²) in [4.78, 5) is 38.6. The standard InChI is InChI=1S/C13H19N3O4S/c14-10(17)8-2-1-5-15(8)13(20)16-9(12(18)19)6-21-11(16)7-3-4-7/h7-9,11H,1-6H2,(H2,14,17)(H,18,19). The van der Waals surface area contributed by atoms with Gasteiger partial charge in [0.15, 0.2) is 0 Å². The molecular formula is C13H19N3O4S. The average molecular weight is 313 g/mol. The van der Waals surface area contributed by atoms with Crippen molar-refractivity contribution in [2.24, 2.45) is 11.7 Å². The van der Waals surface area contributed by atoms with Gasteiger partial charge in [-0.05, 0) is 31.6 Å². The molecule has 7 nitrogen and oxygen atoms in total. The third-order valence-corrected chi connectivity index (χ3v) is 5.85. The summed E-state index contributed by atoms with van der Waals surface area (Å²) in [5.41, 5.74) is 5.35. The lowest BCUT2D eigenvalue weighted by atomic mass is 10.2. The monoisotopic (exact) mass is 313 g/mol. The van der Waals surface area contributed by atoms with Crippen molar-refractivity contribution in [1.82, 2.24) is 9.80 Å². The molecule has 21 heavy (non-hydrogen) atoms. The molecule has 116 valence electrons. The molecule has 3 fully saturated rings. The minimum Gasteiger partial charge on any atom is -0.480 e. The van der Waals surface area contributed by atoms with Crippen LogP contribution in [0.5, 0.6) is 0 Å². The summed E-state index contributed by atoms with van der Waals surface area (Å²) in [7, 11) is 0. The second kappa shape index (κ2) is 5.40. The number of urea groups is 1. The number of hydrogen-bond donors (Lipinski definition) is 2. The number of likely N-dealkylation sites (tertiary alicyclic amines) is 1. The Hall–Kier alpha value is -1.44. The fourth-order valence-electron chi connectivity index (χ4n) is 3.14. The predicted octanol–water partition coefficient (Wildman–Crippen LogP) is 0.294. The number of nitrogens with zero attached hydrogens (tertiary/aromatic N) is 2. The number of amides is 3. The van der Waals surface area contributed by atoms with Crippen LogP contribution in [0.25, 0.3) is 0 Å². The number of carbonyl (C=O) groups excluding carboxylic acids is 2. The quantitative estimate of drug-likeness (QED) is 0.779. The van der Waals surface area contributed by atoms with E-state index in [-0.39, 0.29) is 11.4 Å². The summed E-state index contributed by atoms with van der Waals surface area (Å²) in [5.74, 6) is -0.688. The second-order valence-electron chi connectivity index (χ2n) is 5.86. The fraction of sp³-hybridized carbons (Fsp3) is 0.769. The van der Waals surface area contributed by atoms with Crippen molar-refractivity contribution >= 4 is 29.7 Å². The first-order valence-electron chi connectivity index (χ1n) is 7.23. The molecule has 1 aliphatic carbocycles. The molecule has 8 heteroatoms. The summed E-state index contributed by atoms with van der Waals surface area (Å²) >= 11 is 1.54. The number of thioether (sulfide) groups is 1. The lowest BCUT2D eigenvalue weighted by Crippen LogP contribution is -2.55.